The molecule has 1 aliphatic rings. The average molecular weight is 191 g/mol. The highest BCUT2D eigenvalue weighted by Crippen LogP contribution is 2.09. The van der Waals surface area contributed by atoms with E-state index >= 15 is 0 Å². The van der Waals surface area contributed by atoms with Gasteiger partial charge < -0.3 is 15.4 Å². The summed E-state index contributed by atoms with van der Waals surface area (Å²) < 4.78 is 5.04. The Balaban J connectivity index is 2.57. The van der Waals surface area contributed by atoms with Gasteiger partial charge in [0.05, 0.1) is 0 Å². The second-order valence-electron chi connectivity index (χ2n) is 3.22. The van der Waals surface area contributed by atoms with E-state index in [0.29, 0.717) is 24.1 Å². The van der Waals surface area contributed by atoms with Crippen molar-refractivity contribution < 1.29 is 14.5 Å². The molecule has 1 aliphatic heterocycles. The molecule has 0 atom stereocenters. The lowest BCUT2D eigenvalue weighted by atomic mass is 9.71. The molecule has 72 valence electrons. The lowest BCUT2D eigenvalue weighted by Crippen LogP contribution is -2.45. The summed E-state index contributed by atoms with van der Waals surface area (Å²) in [4.78, 5) is 11.1. The molecule has 2 rings (SSSR count). The number of nitrogens with two attached hydrogens (primary N) is 1. The van der Waals surface area contributed by atoms with Gasteiger partial charge in [-0.15, -0.1) is 0 Å². The van der Waals surface area contributed by atoms with E-state index in [1.165, 1.54) is 0 Å². The van der Waals surface area contributed by atoms with Crippen LogP contribution in [0.4, 0.5) is 0 Å². The second kappa shape index (κ2) is 3.44. The number of carbonyl (C=O) groups excluding carboxylic acids is 1. The van der Waals surface area contributed by atoms with Gasteiger partial charge in [-0.1, -0.05) is 12.1 Å². The quantitative estimate of drug-likeness (QED) is 0.561. The zero-order valence-electron chi connectivity index (χ0n) is 7.56. The number of benzene rings is 1. The molecular weight excluding hydrogens is 181 g/mol. The minimum absolute atomic E-state index is 0.342. The summed E-state index contributed by atoms with van der Waals surface area (Å²) in [7, 11) is -1.03. The highest BCUT2D eigenvalue weighted by molar-refractivity contribution is 6.62. The Hall–Kier alpha value is -1.33. The van der Waals surface area contributed by atoms with E-state index in [1.54, 1.807) is 12.1 Å². The van der Waals surface area contributed by atoms with Gasteiger partial charge in [0.2, 0.25) is 5.91 Å². The molecule has 5 heteroatoms. The SMILES string of the molecule is NC(=O)c1cccc2c1B(O)OCC2. The van der Waals surface area contributed by atoms with E-state index in [2.05, 4.69) is 0 Å². The molecule has 1 aromatic carbocycles. The van der Waals surface area contributed by atoms with Crippen LogP contribution in [0.1, 0.15) is 15.9 Å². The van der Waals surface area contributed by atoms with Gasteiger partial charge in [-0.05, 0) is 23.5 Å². The number of hydrogen-bond acceptors (Lipinski definition) is 3. The molecule has 1 heterocycles. The Kier molecular flexibility index (Phi) is 2.27. The van der Waals surface area contributed by atoms with Crippen molar-refractivity contribution in [1.82, 2.24) is 0 Å². The van der Waals surface area contributed by atoms with Gasteiger partial charge >= 0.3 is 7.12 Å². The van der Waals surface area contributed by atoms with Gasteiger partial charge in [-0.25, -0.2) is 0 Å². The third-order valence-electron chi connectivity index (χ3n) is 2.36. The molecule has 1 amide bonds. The van der Waals surface area contributed by atoms with Crippen LogP contribution in [-0.2, 0) is 11.1 Å². The first-order valence-corrected chi connectivity index (χ1v) is 4.41. The fourth-order valence-corrected chi connectivity index (χ4v) is 1.70. The monoisotopic (exact) mass is 191 g/mol. The highest BCUT2D eigenvalue weighted by Gasteiger charge is 2.28. The maximum absolute atomic E-state index is 11.1. The molecule has 0 fully saturated rings. The highest BCUT2D eigenvalue weighted by atomic mass is 16.5. The fraction of sp³-hybridized carbons (Fsp3) is 0.222. The van der Waals surface area contributed by atoms with E-state index in [-0.39, 0.29) is 0 Å². The summed E-state index contributed by atoms with van der Waals surface area (Å²) in [6.45, 7) is 0.469. The summed E-state index contributed by atoms with van der Waals surface area (Å²) in [6.07, 6.45) is 0.702. The van der Waals surface area contributed by atoms with Crippen LogP contribution in [0, 0.1) is 0 Å². The Bertz CT molecular complexity index is 380. The molecule has 4 nitrogen and oxygen atoms in total. The van der Waals surface area contributed by atoms with Crippen LogP contribution < -0.4 is 11.2 Å². The predicted molar refractivity (Wildman–Crippen MR) is 52.2 cm³/mol. The molecule has 1 aromatic rings. The van der Waals surface area contributed by atoms with Crippen LogP contribution in [-0.4, -0.2) is 24.7 Å². The molecule has 14 heavy (non-hydrogen) atoms. The molecule has 0 saturated heterocycles. The molecule has 0 aromatic heterocycles. The van der Waals surface area contributed by atoms with Crippen LogP contribution in [0.3, 0.4) is 0 Å². The number of primary amides is 1. The average Bonchev–Trinajstić information content (AvgIpc) is 2.17. The van der Waals surface area contributed by atoms with Gasteiger partial charge in [0, 0.05) is 12.2 Å². The van der Waals surface area contributed by atoms with Gasteiger partial charge in [0.25, 0.3) is 0 Å². The maximum Gasteiger partial charge on any atom is 0.492 e. The molecule has 3 N–H and O–H groups in total. The Morgan fingerprint density at radius 3 is 3.07 bits per heavy atom. The van der Waals surface area contributed by atoms with Crippen molar-refractivity contribution in [3.8, 4) is 0 Å². The van der Waals surface area contributed by atoms with Crippen molar-refractivity contribution in [3.63, 3.8) is 0 Å². The van der Waals surface area contributed by atoms with Crippen LogP contribution in [0.2, 0.25) is 0 Å². The molecule has 0 unspecified atom stereocenters. The molecule has 0 spiro atoms. The Labute approximate surface area is 81.8 Å². The van der Waals surface area contributed by atoms with E-state index in [1.807, 2.05) is 6.07 Å². The zero-order chi connectivity index (χ0) is 10.1. The normalized spacial score (nSPS) is 15.1. The van der Waals surface area contributed by atoms with E-state index < -0.39 is 13.0 Å². The zero-order valence-corrected chi connectivity index (χ0v) is 7.56. The number of carbonyl (C=O) groups is 1. The van der Waals surface area contributed by atoms with Crippen LogP contribution in [0.25, 0.3) is 0 Å². The van der Waals surface area contributed by atoms with E-state index in [9.17, 15) is 9.82 Å². The minimum atomic E-state index is -1.03. The topological polar surface area (TPSA) is 72.6 Å². The van der Waals surface area contributed by atoms with Crippen LogP contribution in [0.5, 0.6) is 0 Å². The van der Waals surface area contributed by atoms with Crippen molar-refractivity contribution >= 4 is 18.5 Å². The number of amides is 1. The third-order valence-corrected chi connectivity index (χ3v) is 2.36. The second-order valence-corrected chi connectivity index (χ2v) is 3.22. The molecule has 0 saturated carbocycles. The first-order valence-electron chi connectivity index (χ1n) is 4.41. The van der Waals surface area contributed by atoms with Crippen molar-refractivity contribution in [2.75, 3.05) is 6.61 Å². The Morgan fingerprint density at radius 1 is 1.57 bits per heavy atom. The van der Waals surface area contributed by atoms with E-state index in [4.69, 9.17) is 10.4 Å². The van der Waals surface area contributed by atoms with E-state index in [0.717, 1.165) is 5.56 Å². The summed E-state index contributed by atoms with van der Waals surface area (Å²) in [5.74, 6) is -0.536. The molecule has 0 bridgehead atoms. The number of rotatable bonds is 1. The third kappa shape index (κ3) is 1.40. The Morgan fingerprint density at radius 2 is 2.36 bits per heavy atom. The summed E-state index contributed by atoms with van der Waals surface area (Å²) in [5, 5.41) is 9.56. The lowest BCUT2D eigenvalue weighted by Gasteiger charge is -2.20. The van der Waals surface area contributed by atoms with Crippen molar-refractivity contribution in [2.24, 2.45) is 5.73 Å². The first-order chi connectivity index (χ1) is 6.70. The van der Waals surface area contributed by atoms with Crippen LogP contribution in [0.15, 0.2) is 18.2 Å². The number of fused-ring (bicyclic) bond motifs is 1. The van der Waals surface area contributed by atoms with Gasteiger partial charge in [-0.2, -0.15) is 0 Å². The fourth-order valence-electron chi connectivity index (χ4n) is 1.70. The summed E-state index contributed by atoms with van der Waals surface area (Å²) in [6, 6.07) is 5.23. The summed E-state index contributed by atoms with van der Waals surface area (Å²) >= 11 is 0. The molecule has 0 aliphatic carbocycles. The van der Waals surface area contributed by atoms with Crippen molar-refractivity contribution in [3.05, 3.63) is 29.3 Å². The van der Waals surface area contributed by atoms with Gasteiger partial charge in [0.15, 0.2) is 0 Å². The predicted octanol–water partition coefficient (Wildman–Crippen LogP) is -0.954. The van der Waals surface area contributed by atoms with Crippen LogP contribution >= 0.6 is 0 Å². The smallest absolute Gasteiger partial charge is 0.423 e. The first kappa shape index (κ1) is 9.24. The standard InChI is InChI=1S/C9H10BNO3/c11-9(12)7-3-1-2-6-4-5-14-10(13)8(6)7/h1-3,13H,4-5H2,(H2,11,12). The van der Waals surface area contributed by atoms with Crippen molar-refractivity contribution in [2.45, 2.75) is 6.42 Å². The van der Waals surface area contributed by atoms with Crippen molar-refractivity contribution in [1.29, 1.82) is 0 Å². The molecular formula is C9H10BNO3. The molecule has 0 radical (unpaired) electrons. The largest absolute Gasteiger partial charge is 0.492 e. The number of hydrogen-bond donors (Lipinski definition) is 2. The maximum atomic E-state index is 11.1. The van der Waals surface area contributed by atoms with Gasteiger partial charge in [0.1, 0.15) is 0 Å². The summed E-state index contributed by atoms with van der Waals surface area (Å²) in [5.41, 5.74) is 6.99. The van der Waals surface area contributed by atoms with Gasteiger partial charge in [-0.3, -0.25) is 4.79 Å². The lowest BCUT2D eigenvalue weighted by molar-refractivity contribution is 0.100. The minimum Gasteiger partial charge on any atom is -0.423 e.